The SMILES string of the molecule is Oc1nn(Cc2ccc(C(F)(F)F)cc2)c2ccc(Br)cc12. The van der Waals surface area contributed by atoms with Crippen LogP contribution in [0.15, 0.2) is 46.9 Å². The lowest BCUT2D eigenvalue weighted by atomic mass is 10.1. The summed E-state index contributed by atoms with van der Waals surface area (Å²) in [6, 6.07) is 10.2. The van der Waals surface area contributed by atoms with Gasteiger partial charge in [0.2, 0.25) is 5.88 Å². The molecule has 2 aromatic carbocycles. The first-order valence-electron chi connectivity index (χ1n) is 6.36. The summed E-state index contributed by atoms with van der Waals surface area (Å²) in [5.41, 5.74) is 0.689. The second-order valence-corrected chi connectivity index (χ2v) is 5.75. The molecule has 1 heterocycles. The molecule has 3 aromatic rings. The summed E-state index contributed by atoms with van der Waals surface area (Å²) in [6.45, 7) is 0.275. The van der Waals surface area contributed by atoms with E-state index in [1.165, 1.54) is 12.1 Å². The van der Waals surface area contributed by atoms with E-state index in [4.69, 9.17) is 0 Å². The van der Waals surface area contributed by atoms with Crippen LogP contribution in [0.1, 0.15) is 11.1 Å². The minimum absolute atomic E-state index is 0.108. The Labute approximate surface area is 132 Å². The number of hydrogen-bond acceptors (Lipinski definition) is 2. The highest BCUT2D eigenvalue weighted by molar-refractivity contribution is 9.10. The van der Waals surface area contributed by atoms with Crippen molar-refractivity contribution >= 4 is 26.8 Å². The number of aromatic hydroxyl groups is 1. The molecule has 0 spiro atoms. The summed E-state index contributed by atoms with van der Waals surface area (Å²) < 4.78 is 40.0. The van der Waals surface area contributed by atoms with Gasteiger partial charge in [-0.05, 0) is 35.9 Å². The highest BCUT2D eigenvalue weighted by atomic mass is 79.9. The molecule has 0 bridgehead atoms. The summed E-state index contributed by atoms with van der Waals surface area (Å²) in [4.78, 5) is 0. The fourth-order valence-electron chi connectivity index (χ4n) is 2.23. The molecular formula is C15H10BrF3N2O. The molecule has 3 nitrogen and oxygen atoms in total. The summed E-state index contributed by atoms with van der Waals surface area (Å²) in [5, 5.41) is 14.5. The van der Waals surface area contributed by atoms with E-state index in [9.17, 15) is 18.3 Å². The predicted molar refractivity (Wildman–Crippen MR) is 79.6 cm³/mol. The van der Waals surface area contributed by atoms with Crippen LogP contribution in [0.5, 0.6) is 5.88 Å². The van der Waals surface area contributed by atoms with Crippen molar-refractivity contribution in [3.05, 3.63) is 58.1 Å². The molecule has 0 saturated heterocycles. The first-order valence-corrected chi connectivity index (χ1v) is 7.15. The lowest BCUT2D eigenvalue weighted by molar-refractivity contribution is -0.137. The van der Waals surface area contributed by atoms with Gasteiger partial charge in [-0.25, -0.2) is 0 Å². The molecule has 0 aliphatic carbocycles. The van der Waals surface area contributed by atoms with E-state index in [-0.39, 0.29) is 12.4 Å². The van der Waals surface area contributed by atoms with Crippen LogP contribution in [-0.2, 0) is 12.7 Å². The third kappa shape index (κ3) is 2.81. The molecule has 0 amide bonds. The van der Waals surface area contributed by atoms with Crippen LogP contribution >= 0.6 is 15.9 Å². The Morgan fingerprint density at radius 3 is 2.41 bits per heavy atom. The first kappa shape index (κ1) is 14.9. The quantitative estimate of drug-likeness (QED) is 0.717. The number of fused-ring (bicyclic) bond motifs is 1. The van der Waals surface area contributed by atoms with E-state index in [1.54, 1.807) is 16.8 Å². The second-order valence-electron chi connectivity index (χ2n) is 4.84. The van der Waals surface area contributed by atoms with Gasteiger partial charge in [-0.15, -0.1) is 5.10 Å². The minimum atomic E-state index is -4.35. The molecule has 0 saturated carbocycles. The number of nitrogens with zero attached hydrogens (tertiary/aromatic N) is 2. The summed E-state index contributed by atoms with van der Waals surface area (Å²) in [6.07, 6.45) is -4.35. The lowest BCUT2D eigenvalue weighted by Crippen LogP contribution is -2.06. The van der Waals surface area contributed by atoms with Crippen molar-refractivity contribution in [2.24, 2.45) is 0 Å². The monoisotopic (exact) mass is 370 g/mol. The third-order valence-corrected chi connectivity index (χ3v) is 3.80. The molecule has 0 radical (unpaired) electrons. The van der Waals surface area contributed by atoms with Crippen molar-refractivity contribution in [3.63, 3.8) is 0 Å². The average Bonchev–Trinajstić information content (AvgIpc) is 2.74. The second kappa shape index (κ2) is 5.31. The van der Waals surface area contributed by atoms with Crippen LogP contribution in [0.2, 0.25) is 0 Å². The zero-order valence-electron chi connectivity index (χ0n) is 11.1. The van der Waals surface area contributed by atoms with Gasteiger partial charge in [0.05, 0.1) is 23.0 Å². The van der Waals surface area contributed by atoms with Gasteiger partial charge in [0.15, 0.2) is 0 Å². The van der Waals surface area contributed by atoms with Crippen LogP contribution in [0.25, 0.3) is 10.9 Å². The topological polar surface area (TPSA) is 38.1 Å². The van der Waals surface area contributed by atoms with E-state index in [2.05, 4.69) is 21.0 Å². The normalized spacial score (nSPS) is 12.0. The highest BCUT2D eigenvalue weighted by Gasteiger charge is 2.29. The van der Waals surface area contributed by atoms with Crippen molar-refractivity contribution in [1.29, 1.82) is 0 Å². The predicted octanol–water partition coefficient (Wildman–Crippen LogP) is 4.57. The van der Waals surface area contributed by atoms with Crippen LogP contribution < -0.4 is 0 Å². The number of aromatic nitrogens is 2. The fraction of sp³-hybridized carbons (Fsp3) is 0.133. The zero-order valence-corrected chi connectivity index (χ0v) is 12.7. The summed E-state index contributed by atoms with van der Waals surface area (Å²) in [7, 11) is 0. The number of rotatable bonds is 2. The summed E-state index contributed by atoms with van der Waals surface area (Å²) in [5.74, 6) is -0.108. The third-order valence-electron chi connectivity index (χ3n) is 3.31. The standard InChI is InChI=1S/C15H10BrF3N2O/c16-11-5-6-13-12(7-11)14(22)20-21(13)8-9-1-3-10(4-2-9)15(17,18)19/h1-7H,8H2,(H,20,22). The Kier molecular flexibility index (Phi) is 3.60. The number of alkyl halides is 3. The van der Waals surface area contributed by atoms with E-state index in [0.717, 1.165) is 16.6 Å². The average molecular weight is 371 g/mol. The van der Waals surface area contributed by atoms with Gasteiger partial charge >= 0.3 is 6.18 Å². The van der Waals surface area contributed by atoms with Crippen LogP contribution in [0.3, 0.4) is 0 Å². The molecule has 0 unspecified atom stereocenters. The molecular weight excluding hydrogens is 361 g/mol. The largest absolute Gasteiger partial charge is 0.492 e. The lowest BCUT2D eigenvalue weighted by Gasteiger charge is -2.08. The van der Waals surface area contributed by atoms with Crippen molar-refractivity contribution < 1.29 is 18.3 Å². The van der Waals surface area contributed by atoms with Crippen LogP contribution in [0.4, 0.5) is 13.2 Å². The van der Waals surface area contributed by atoms with Crippen molar-refractivity contribution in [1.82, 2.24) is 9.78 Å². The molecule has 0 fully saturated rings. The Bertz CT molecular complexity index is 825. The molecule has 0 atom stereocenters. The highest BCUT2D eigenvalue weighted by Crippen LogP contribution is 2.30. The number of benzene rings is 2. The van der Waals surface area contributed by atoms with Crippen LogP contribution in [-0.4, -0.2) is 14.9 Å². The molecule has 7 heteroatoms. The van der Waals surface area contributed by atoms with Crippen molar-refractivity contribution in [2.45, 2.75) is 12.7 Å². The van der Waals surface area contributed by atoms with Gasteiger partial charge in [-0.3, -0.25) is 4.68 Å². The Morgan fingerprint density at radius 2 is 1.77 bits per heavy atom. The van der Waals surface area contributed by atoms with Gasteiger partial charge in [0.1, 0.15) is 0 Å². The number of halogens is 4. The molecule has 22 heavy (non-hydrogen) atoms. The van der Waals surface area contributed by atoms with E-state index in [0.29, 0.717) is 16.5 Å². The molecule has 1 N–H and O–H groups in total. The Hall–Kier alpha value is -2.02. The molecule has 1 aromatic heterocycles. The maximum Gasteiger partial charge on any atom is 0.416 e. The molecule has 0 aliphatic heterocycles. The zero-order chi connectivity index (χ0) is 15.9. The van der Waals surface area contributed by atoms with Gasteiger partial charge in [0.25, 0.3) is 0 Å². The maximum absolute atomic E-state index is 12.5. The van der Waals surface area contributed by atoms with E-state index >= 15 is 0 Å². The van der Waals surface area contributed by atoms with E-state index < -0.39 is 11.7 Å². The first-order chi connectivity index (χ1) is 10.3. The van der Waals surface area contributed by atoms with Gasteiger partial charge in [-0.1, -0.05) is 28.1 Å². The Balaban J connectivity index is 1.93. The molecule has 0 aliphatic rings. The number of hydrogen-bond donors (Lipinski definition) is 1. The summed E-state index contributed by atoms with van der Waals surface area (Å²) >= 11 is 3.31. The Morgan fingerprint density at radius 1 is 1.09 bits per heavy atom. The van der Waals surface area contributed by atoms with Gasteiger partial charge in [-0.2, -0.15) is 13.2 Å². The van der Waals surface area contributed by atoms with Crippen LogP contribution in [0, 0.1) is 0 Å². The molecule has 3 rings (SSSR count). The molecule has 114 valence electrons. The van der Waals surface area contributed by atoms with Crippen molar-refractivity contribution in [3.8, 4) is 5.88 Å². The fourth-order valence-corrected chi connectivity index (χ4v) is 2.59. The van der Waals surface area contributed by atoms with Gasteiger partial charge in [0, 0.05) is 4.47 Å². The smallest absolute Gasteiger partial charge is 0.416 e. The van der Waals surface area contributed by atoms with Crippen molar-refractivity contribution in [2.75, 3.05) is 0 Å². The minimum Gasteiger partial charge on any atom is -0.492 e. The maximum atomic E-state index is 12.5. The van der Waals surface area contributed by atoms with E-state index in [1.807, 2.05) is 6.07 Å². The van der Waals surface area contributed by atoms with Gasteiger partial charge < -0.3 is 5.11 Å².